The second kappa shape index (κ2) is 18.6. The molecule has 0 saturated carbocycles. The molecule has 0 aromatic heterocycles. The van der Waals surface area contributed by atoms with Crippen molar-refractivity contribution in [3.8, 4) is 0 Å². The Labute approximate surface area is 270 Å². The number of rotatable bonds is 17. The summed E-state index contributed by atoms with van der Waals surface area (Å²) in [6.45, 7) is 3.66. The first-order chi connectivity index (χ1) is 22.5. The molecule has 244 valence electrons. The van der Waals surface area contributed by atoms with Crippen LogP contribution >= 0.6 is 0 Å². The minimum Gasteiger partial charge on any atom is -0.459 e. The second-order valence-electron chi connectivity index (χ2n) is 11.0. The number of unbranched alkanes of at least 4 members (excludes halogenated alkanes) is 6. The van der Waals surface area contributed by atoms with Crippen LogP contribution in [-0.2, 0) is 23.7 Å². The van der Waals surface area contributed by atoms with E-state index < -0.39 is 48.6 Å². The monoisotopic (exact) mass is 630 g/mol. The van der Waals surface area contributed by atoms with E-state index in [4.69, 9.17) is 23.7 Å². The molecule has 1 heterocycles. The Kier molecular flexibility index (Phi) is 14.0. The zero-order valence-electron chi connectivity index (χ0n) is 25.9. The first kappa shape index (κ1) is 34.6. The molecule has 0 bridgehead atoms. The molecule has 0 aliphatic carbocycles. The van der Waals surface area contributed by atoms with Crippen molar-refractivity contribution in [2.45, 2.75) is 75.7 Å². The van der Waals surface area contributed by atoms with Gasteiger partial charge < -0.3 is 28.8 Å². The standard InChI is InChI=1S/C37H42O9/c1-2-3-4-5-6-7-8-18-25-42-37-33(46-36(41)29-23-16-11-17-24-29)32(45-35(40)28-21-14-10-15-22-28)31(38)30(44-37)26-43-34(39)27-19-12-9-13-20-27/h2,9-17,19-24,30-33,37-38H,1,3-8,18,25-26H2/t30-,31-,32+,33+,37+/m1/s1. The molecule has 0 spiro atoms. The van der Waals surface area contributed by atoms with Gasteiger partial charge in [-0.05, 0) is 55.7 Å². The van der Waals surface area contributed by atoms with E-state index in [1.54, 1.807) is 91.0 Å². The van der Waals surface area contributed by atoms with E-state index in [1.165, 1.54) is 0 Å². The van der Waals surface area contributed by atoms with Gasteiger partial charge >= 0.3 is 17.9 Å². The molecular weight excluding hydrogens is 588 g/mol. The number of hydrogen-bond donors (Lipinski definition) is 1. The number of aliphatic hydroxyl groups excluding tert-OH is 1. The summed E-state index contributed by atoms with van der Waals surface area (Å²) in [6.07, 6.45) is 2.33. The topological polar surface area (TPSA) is 118 Å². The van der Waals surface area contributed by atoms with Gasteiger partial charge in [0, 0.05) is 6.61 Å². The number of allylic oxidation sites excluding steroid dienone is 1. The third-order valence-electron chi connectivity index (χ3n) is 7.60. The highest BCUT2D eigenvalue weighted by Gasteiger charge is 2.51. The van der Waals surface area contributed by atoms with E-state index >= 15 is 0 Å². The molecule has 5 atom stereocenters. The summed E-state index contributed by atoms with van der Waals surface area (Å²) >= 11 is 0. The largest absolute Gasteiger partial charge is 0.459 e. The van der Waals surface area contributed by atoms with Gasteiger partial charge in [0.15, 0.2) is 18.5 Å². The Hall–Kier alpha value is -4.31. The summed E-state index contributed by atoms with van der Waals surface area (Å²) in [4.78, 5) is 39.1. The number of benzene rings is 3. The summed E-state index contributed by atoms with van der Waals surface area (Å²) < 4.78 is 29.3. The molecule has 0 unspecified atom stereocenters. The Morgan fingerprint density at radius 3 is 1.70 bits per heavy atom. The normalized spacial score (nSPS) is 20.8. The molecule has 1 aliphatic rings. The zero-order valence-corrected chi connectivity index (χ0v) is 25.9. The molecule has 3 aromatic carbocycles. The summed E-state index contributed by atoms with van der Waals surface area (Å²) in [7, 11) is 0. The minimum atomic E-state index is -1.53. The second-order valence-corrected chi connectivity index (χ2v) is 11.0. The number of carbonyl (C=O) groups is 3. The van der Waals surface area contributed by atoms with Gasteiger partial charge in [-0.2, -0.15) is 0 Å². The quantitative estimate of drug-likeness (QED) is 0.0792. The summed E-state index contributed by atoms with van der Waals surface area (Å²) in [5, 5.41) is 11.5. The molecule has 0 amide bonds. The maximum atomic E-state index is 13.2. The van der Waals surface area contributed by atoms with E-state index in [0.717, 1.165) is 38.5 Å². The fourth-order valence-corrected chi connectivity index (χ4v) is 5.07. The lowest BCUT2D eigenvalue weighted by atomic mass is 9.98. The predicted molar refractivity (Wildman–Crippen MR) is 171 cm³/mol. The fourth-order valence-electron chi connectivity index (χ4n) is 5.07. The summed E-state index contributed by atoms with van der Waals surface area (Å²) in [5.41, 5.74) is 0.831. The first-order valence-electron chi connectivity index (χ1n) is 15.8. The summed E-state index contributed by atoms with van der Waals surface area (Å²) in [6, 6.07) is 25.0. The van der Waals surface area contributed by atoms with E-state index in [1.807, 2.05) is 6.08 Å². The molecule has 1 saturated heterocycles. The number of aliphatic hydroxyl groups is 1. The number of esters is 3. The molecule has 1 aliphatic heterocycles. The molecule has 9 heteroatoms. The Bertz CT molecular complexity index is 1360. The van der Waals surface area contributed by atoms with Crippen LogP contribution in [0.15, 0.2) is 104 Å². The average Bonchev–Trinajstić information content (AvgIpc) is 3.10. The average molecular weight is 631 g/mol. The lowest BCUT2D eigenvalue weighted by Gasteiger charge is -2.43. The van der Waals surface area contributed by atoms with Crippen molar-refractivity contribution in [3.63, 3.8) is 0 Å². The number of hydrogen-bond acceptors (Lipinski definition) is 9. The van der Waals surface area contributed by atoms with Crippen LogP contribution in [0.1, 0.15) is 76.0 Å². The van der Waals surface area contributed by atoms with Crippen LogP contribution in [-0.4, -0.2) is 66.9 Å². The molecule has 3 aromatic rings. The Morgan fingerprint density at radius 1 is 0.674 bits per heavy atom. The van der Waals surface area contributed by atoms with Gasteiger partial charge in [0.1, 0.15) is 18.8 Å². The number of carbonyl (C=O) groups excluding carboxylic acids is 3. The van der Waals surface area contributed by atoms with Crippen LogP contribution in [0.4, 0.5) is 0 Å². The SMILES string of the molecule is C=CCCCCCCCCO[C@H]1O[C@H](COC(=O)c2ccccc2)[C@@H](O)[C@H](OC(=O)c2ccccc2)[C@@H]1OC(=O)c1ccccc1. The fraction of sp³-hybridized carbons (Fsp3) is 0.378. The van der Waals surface area contributed by atoms with Crippen LogP contribution < -0.4 is 0 Å². The van der Waals surface area contributed by atoms with Gasteiger partial charge in [0.05, 0.1) is 16.7 Å². The van der Waals surface area contributed by atoms with E-state index in [0.29, 0.717) is 12.0 Å². The van der Waals surface area contributed by atoms with Crippen LogP contribution in [0, 0.1) is 0 Å². The third kappa shape index (κ3) is 10.4. The van der Waals surface area contributed by atoms with Crippen LogP contribution in [0.2, 0.25) is 0 Å². The lowest BCUT2D eigenvalue weighted by Crippen LogP contribution is -2.62. The smallest absolute Gasteiger partial charge is 0.338 e. The highest BCUT2D eigenvalue weighted by molar-refractivity contribution is 5.90. The molecule has 4 rings (SSSR count). The third-order valence-corrected chi connectivity index (χ3v) is 7.60. The van der Waals surface area contributed by atoms with Crippen molar-refractivity contribution in [3.05, 3.63) is 120 Å². The van der Waals surface area contributed by atoms with Crippen molar-refractivity contribution >= 4 is 17.9 Å². The van der Waals surface area contributed by atoms with Crippen molar-refractivity contribution in [1.29, 1.82) is 0 Å². The minimum absolute atomic E-state index is 0.243. The van der Waals surface area contributed by atoms with E-state index in [9.17, 15) is 19.5 Å². The highest BCUT2D eigenvalue weighted by atomic mass is 16.7. The molecular formula is C37H42O9. The van der Waals surface area contributed by atoms with Gasteiger partial charge in [-0.15, -0.1) is 6.58 Å². The Morgan fingerprint density at radius 2 is 1.15 bits per heavy atom. The van der Waals surface area contributed by atoms with Crippen LogP contribution in [0.3, 0.4) is 0 Å². The van der Waals surface area contributed by atoms with Gasteiger partial charge in [-0.25, -0.2) is 14.4 Å². The molecule has 46 heavy (non-hydrogen) atoms. The molecule has 9 nitrogen and oxygen atoms in total. The maximum Gasteiger partial charge on any atom is 0.338 e. The van der Waals surface area contributed by atoms with Gasteiger partial charge in [-0.1, -0.05) is 86.4 Å². The van der Waals surface area contributed by atoms with Crippen molar-refractivity contribution in [2.24, 2.45) is 0 Å². The Balaban J connectivity index is 1.51. The van der Waals surface area contributed by atoms with E-state index in [-0.39, 0.29) is 24.3 Å². The molecule has 0 radical (unpaired) electrons. The van der Waals surface area contributed by atoms with Gasteiger partial charge in [-0.3, -0.25) is 0 Å². The maximum absolute atomic E-state index is 13.2. The first-order valence-corrected chi connectivity index (χ1v) is 15.8. The van der Waals surface area contributed by atoms with Crippen LogP contribution in [0.25, 0.3) is 0 Å². The lowest BCUT2D eigenvalue weighted by molar-refractivity contribution is -0.299. The van der Waals surface area contributed by atoms with Crippen molar-refractivity contribution in [2.75, 3.05) is 13.2 Å². The highest BCUT2D eigenvalue weighted by Crippen LogP contribution is 2.29. The predicted octanol–water partition coefficient (Wildman–Crippen LogP) is 6.31. The summed E-state index contributed by atoms with van der Waals surface area (Å²) in [5.74, 6) is -2.05. The number of ether oxygens (including phenoxy) is 5. The van der Waals surface area contributed by atoms with Crippen LogP contribution in [0.5, 0.6) is 0 Å². The van der Waals surface area contributed by atoms with Gasteiger partial charge in [0.25, 0.3) is 0 Å². The molecule has 1 fully saturated rings. The van der Waals surface area contributed by atoms with Crippen molar-refractivity contribution in [1.82, 2.24) is 0 Å². The van der Waals surface area contributed by atoms with Crippen molar-refractivity contribution < 1.29 is 43.2 Å². The molecule has 1 N–H and O–H groups in total. The van der Waals surface area contributed by atoms with E-state index in [2.05, 4.69) is 6.58 Å². The van der Waals surface area contributed by atoms with Gasteiger partial charge in [0.2, 0.25) is 0 Å². The zero-order chi connectivity index (χ0) is 32.6.